The van der Waals surface area contributed by atoms with Crippen LogP contribution in [0.2, 0.25) is 0 Å². The standard InChI is InChI=1S/C21H24N4S.HI/c1-16(17-9-5-3-6-10-17)13-23-21(22-2)24-14-20-25-19(15-26-20)18-11-7-4-8-12-18;/h3-12,15-16H,13-14H2,1-2H3,(H2,22,23,24);1H. The molecule has 2 aromatic carbocycles. The highest BCUT2D eigenvalue weighted by Gasteiger charge is 2.08. The van der Waals surface area contributed by atoms with Gasteiger partial charge in [-0.1, -0.05) is 67.6 Å². The van der Waals surface area contributed by atoms with Crippen LogP contribution in [0, 0.1) is 0 Å². The predicted molar refractivity (Wildman–Crippen MR) is 126 cm³/mol. The number of aromatic nitrogens is 1. The van der Waals surface area contributed by atoms with Crippen LogP contribution < -0.4 is 10.6 Å². The first kappa shape index (κ1) is 21.4. The topological polar surface area (TPSA) is 49.3 Å². The lowest BCUT2D eigenvalue weighted by Crippen LogP contribution is -2.38. The Morgan fingerprint density at radius 1 is 1.04 bits per heavy atom. The Morgan fingerprint density at radius 3 is 2.37 bits per heavy atom. The summed E-state index contributed by atoms with van der Waals surface area (Å²) in [6.45, 7) is 3.70. The fourth-order valence-corrected chi connectivity index (χ4v) is 3.41. The number of halogens is 1. The van der Waals surface area contributed by atoms with Gasteiger partial charge in [-0.05, 0) is 11.5 Å². The molecule has 0 spiro atoms. The molecule has 0 fully saturated rings. The Labute approximate surface area is 182 Å². The third-order valence-electron chi connectivity index (χ3n) is 4.20. The Kier molecular flexibility index (Phi) is 8.74. The average Bonchev–Trinajstić information content (AvgIpc) is 3.18. The quantitative estimate of drug-likeness (QED) is 0.293. The Bertz CT molecular complexity index is 834. The number of nitrogens with one attached hydrogen (secondary N) is 2. The van der Waals surface area contributed by atoms with Crippen LogP contribution in [0.1, 0.15) is 23.4 Å². The van der Waals surface area contributed by atoms with Gasteiger partial charge in [0.1, 0.15) is 5.01 Å². The monoisotopic (exact) mass is 492 g/mol. The van der Waals surface area contributed by atoms with Crippen LogP contribution in [0.5, 0.6) is 0 Å². The lowest BCUT2D eigenvalue weighted by molar-refractivity contribution is 0.698. The van der Waals surface area contributed by atoms with Crippen molar-refractivity contribution >= 4 is 41.3 Å². The van der Waals surface area contributed by atoms with E-state index in [-0.39, 0.29) is 24.0 Å². The summed E-state index contributed by atoms with van der Waals surface area (Å²) in [6.07, 6.45) is 0. The van der Waals surface area contributed by atoms with Crippen molar-refractivity contribution in [1.29, 1.82) is 0 Å². The minimum atomic E-state index is 0. The van der Waals surface area contributed by atoms with E-state index in [0.29, 0.717) is 12.5 Å². The summed E-state index contributed by atoms with van der Waals surface area (Å²) in [6, 6.07) is 20.8. The van der Waals surface area contributed by atoms with Crippen molar-refractivity contribution in [2.24, 2.45) is 4.99 Å². The van der Waals surface area contributed by atoms with Crippen molar-refractivity contribution in [2.45, 2.75) is 19.4 Å². The molecule has 27 heavy (non-hydrogen) atoms. The lowest BCUT2D eigenvalue weighted by Gasteiger charge is -2.16. The van der Waals surface area contributed by atoms with E-state index in [4.69, 9.17) is 4.98 Å². The molecule has 1 unspecified atom stereocenters. The second-order valence-electron chi connectivity index (χ2n) is 6.11. The van der Waals surface area contributed by atoms with E-state index in [9.17, 15) is 0 Å². The molecular weight excluding hydrogens is 467 g/mol. The number of rotatable bonds is 6. The molecule has 3 rings (SSSR count). The van der Waals surface area contributed by atoms with Crippen LogP contribution in [0.4, 0.5) is 0 Å². The van der Waals surface area contributed by atoms with Gasteiger partial charge in [-0.3, -0.25) is 4.99 Å². The van der Waals surface area contributed by atoms with Gasteiger partial charge in [0.05, 0.1) is 12.2 Å². The molecule has 0 aliphatic rings. The van der Waals surface area contributed by atoms with Crippen molar-refractivity contribution in [2.75, 3.05) is 13.6 Å². The number of hydrogen-bond donors (Lipinski definition) is 2. The fourth-order valence-electron chi connectivity index (χ4n) is 2.66. The van der Waals surface area contributed by atoms with Crippen LogP contribution in [-0.2, 0) is 6.54 Å². The molecule has 0 saturated carbocycles. The van der Waals surface area contributed by atoms with Crippen LogP contribution >= 0.6 is 35.3 Å². The van der Waals surface area contributed by atoms with Gasteiger partial charge in [0.2, 0.25) is 0 Å². The molecule has 0 saturated heterocycles. The van der Waals surface area contributed by atoms with Crippen molar-refractivity contribution in [3.63, 3.8) is 0 Å². The smallest absolute Gasteiger partial charge is 0.191 e. The zero-order valence-electron chi connectivity index (χ0n) is 15.6. The van der Waals surface area contributed by atoms with E-state index in [0.717, 1.165) is 28.8 Å². The molecule has 3 aromatic rings. The number of nitrogens with zero attached hydrogens (tertiary/aromatic N) is 2. The summed E-state index contributed by atoms with van der Waals surface area (Å²) in [5.41, 5.74) is 3.49. The molecule has 1 atom stereocenters. The maximum atomic E-state index is 4.70. The van der Waals surface area contributed by atoms with Crippen LogP contribution in [0.3, 0.4) is 0 Å². The van der Waals surface area contributed by atoms with Crippen molar-refractivity contribution in [3.8, 4) is 11.3 Å². The normalized spacial score (nSPS) is 12.1. The summed E-state index contributed by atoms with van der Waals surface area (Å²) in [5.74, 6) is 1.21. The highest BCUT2D eigenvalue weighted by atomic mass is 127. The summed E-state index contributed by atoms with van der Waals surface area (Å²) >= 11 is 1.66. The minimum Gasteiger partial charge on any atom is -0.356 e. The van der Waals surface area contributed by atoms with Crippen molar-refractivity contribution in [3.05, 3.63) is 76.6 Å². The third kappa shape index (κ3) is 6.32. The van der Waals surface area contributed by atoms with Gasteiger partial charge in [-0.2, -0.15) is 0 Å². The summed E-state index contributed by atoms with van der Waals surface area (Å²) in [5, 5.41) is 9.88. The van der Waals surface area contributed by atoms with Gasteiger partial charge < -0.3 is 10.6 Å². The Morgan fingerprint density at radius 2 is 1.70 bits per heavy atom. The van der Waals surface area contributed by atoms with E-state index in [2.05, 4.69) is 64.3 Å². The molecule has 0 bridgehead atoms. The van der Waals surface area contributed by atoms with E-state index in [1.807, 2.05) is 24.3 Å². The first-order valence-electron chi connectivity index (χ1n) is 8.75. The van der Waals surface area contributed by atoms with Gasteiger partial charge in [0.15, 0.2) is 5.96 Å². The zero-order valence-corrected chi connectivity index (χ0v) is 18.7. The molecule has 6 heteroatoms. The van der Waals surface area contributed by atoms with E-state index < -0.39 is 0 Å². The molecule has 1 heterocycles. The highest BCUT2D eigenvalue weighted by molar-refractivity contribution is 14.0. The lowest BCUT2D eigenvalue weighted by atomic mass is 10.0. The second kappa shape index (κ2) is 11.0. The van der Waals surface area contributed by atoms with Gasteiger partial charge in [-0.25, -0.2) is 4.98 Å². The fraction of sp³-hybridized carbons (Fsp3) is 0.238. The second-order valence-corrected chi connectivity index (χ2v) is 7.05. The van der Waals surface area contributed by atoms with Crippen molar-refractivity contribution in [1.82, 2.24) is 15.6 Å². The summed E-state index contributed by atoms with van der Waals surface area (Å²) < 4.78 is 0. The molecule has 0 aliphatic heterocycles. The Balaban J connectivity index is 0.00000261. The number of hydrogen-bond acceptors (Lipinski definition) is 3. The molecule has 0 radical (unpaired) electrons. The number of guanidine groups is 1. The molecule has 0 aliphatic carbocycles. The molecule has 2 N–H and O–H groups in total. The van der Waals surface area contributed by atoms with Crippen molar-refractivity contribution < 1.29 is 0 Å². The van der Waals surface area contributed by atoms with Crippen LogP contribution in [0.25, 0.3) is 11.3 Å². The molecule has 0 amide bonds. The van der Waals surface area contributed by atoms with E-state index in [1.165, 1.54) is 5.56 Å². The molecular formula is C21H25IN4S. The van der Waals surface area contributed by atoms with Gasteiger partial charge in [-0.15, -0.1) is 35.3 Å². The number of aliphatic imine (C=N–C) groups is 1. The van der Waals surface area contributed by atoms with E-state index in [1.54, 1.807) is 18.4 Å². The minimum absolute atomic E-state index is 0. The van der Waals surface area contributed by atoms with E-state index >= 15 is 0 Å². The highest BCUT2D eigenvalue weighted by Crippen LogP contribution is 2.21. The third-order valence-corrected chi connectivity index (χ3v) is 5.05. The van der Waals surface area contributed by atoms with Crippen LogP contribution in [0.15, 0.2) is 71.0 Å². The SMILES string of the molecule is CN=C(NCc1nc(-c2ccccc2)cs1)NCC(C)c1ccccc1.I. The molecule has 142 valence electrons. The number of benzene rings is 2. The summed E-state index contributed by atoms with van der Waals surface area (Å²) in [7, 11) is 1.79. The maximum absolute atomic E-state index is 4.70. The zero-order chi connectivity index (χ0) is 18.2. The molecule has 1 aromatic heterocycles. The average molecular weight is 492 g/mol. The first-order valence-corrected chi connectivity index (χ1v) is 9.63. The van der Waals surface area contributed by atoms with Gasteiger partial charge in [0.25, 0.3) is 0 Å². The van der Waals surface area contributed by atoms with Gasteiger partial charge >= 0.3 is 0 Å². The maximum Gasteiger partial charge on any atom is 0.191 e. The first-order chi connectivity index (χ1) is 12.8. The van der Waals surface area contributed by atoms with Crippen LogP contribution in [-0.4, -0.2) is 24.5 Å². The largest absolute Gasteiger partial charge is 0.356 e. The predicted octanol–water partition coefficient (Wildman–Crippen LogP) is 4.90. The Hall–Kier alpha value is -1.93. The van der Waals surface area contributed by atoms with Gasteiger partial charge in [0, 0.05) is 24.5 Å². The molecule has 4 nitrogen and oxygen atoms in total. The number of thiazole rings is 1. The summed E-state index contributed by atoms with van der Waals surface area (Å²) in [4.78, 5) is 9.01.